The molecule has 0 spiro atoms. The smallest absolute Gasteiger partial charge is 0.249 e. The zero-order valence-electron chi connectivity index (χ0n) is 10.3. The molecule has 1 aromatic carbocycles. The molecule has 100 valence electrons. The van der Waals surface area contributed by atoms with Gasteiger partial charge in [-0.05, 0) is 12.0 Å². The molecule has 0 saturated carbocycles. The number of hydrazone groups is 1. The van der Waals surface area contributed by atoms with Gasteiger partial charge in [0.15, 0.2) is 9.84 Å². The van der Waals surface area contributed by atoms with Gasteiger partial charge in [0.05, 0.1) is 29.7 Å². The number of hydrogen-bond donors (Lipinski definition) is 0. The first kappa shape index (κ1) is 12.3. The van der Waals surface area contributed by atoms with Crippen LogP contribution >= 0.6 is 0 Å². The van der Waals surface area contributed by atoms with Crippen molar-refractivity contribution < 1.29 is 13.2 Å². The van der Waals surface area contributed by atoms with E-state index in [4.69, 9.17) is 0 Å². The summed E-state index contributed by atoms with van der Waals surface area (Å²) >= 11 is 0. The molecule has 0 N–H and O–H groups in total. The maximum absolute atomic E-state index is 12.0. The first-order valence-electron chi connectivity index (χ1n) is 6.20. The average molecular weight is 278 g/mol. The molecule has 0 aromatic heterocycles. The highest BCUT2D eigenvalue weighted by atomic mass is 32.2. The van der Waals surface area contributed by atoms with Crippen LogP contribution in [-0.2, 0) is 14.6 Å². The van der Waals surface area contributed by atoms with Crippen LogP contribution in [0.1, 0.15) is 18.4 Å². The van der Waals surface area contributed by atoms with Crippen molar-refractivity contribution in [1.82, 2.24) is 5.01 Å². The van der Waals surface area contributed by atoms with E-state index in [2.05, 4.69) is 5.10 Å². The summed E-state index contributed by atoms with van der Waals surface area (Å²) in [5.41, 5.74) is 1.63. The molecule has 2 aliphatic heterocycles. The van der Waals surface area contributed by atoms with Crippen molar-refractivity contribution in [3.05, 3.63) is 35.9 Å². The Morgan fingerprint density at radius 3 is 2.58 bits per heavy atom. The molecule has 2 aliphatic rings. The average Bonchev–Trinajstić information content (AvgIpc) is 2.93. The standard InChI is InChI=1S/C13H14N2O3S/c16-13-8-12(10-4-2-1-3-5-10)14-15(13)11-6-7-19(17,18)9-11/h1-5,11H,6-9H2. The van der Waals surface area contributed by atoms with Gasteiger partial charge >= 0.3 is 0 Å². The van der Waals surface area contributed by atoms with Gasteiger partial charge in [-0.1, -0.05) is 30.3 Å². The van der Waals surface area contributed by atoms with Crippen LogP contribution < -0.4 is 0 Å². The molecule has 3 rings (SSSR count). The summed E-state index contributed by atoms with van der Waals surface area (Å²) in [5.74, 6) is 0.0723. The molecule has 6 heteroatoms. The van der Waals surface area contributed by atoms with Crippen LogP contribution in [0.2, 0.25) is 0 Å². The molecule has 1 saturated heterocycles. The lowest BCUT2D eigenvalue weighted by atomic mass is 10.1. The highest BCUT2D eigenvalue weighted by molar-refractivity contribution is 7.91. The van der Waals surface area contributed by atoms with Gasteiger partial charge in [-0.25, -0.2) is 13.4 Å². The van der Waals surface area contributed by atoms with Gasteiger partial charge < -0.3 is 0 Å². The maximum atomic E-state index is 12.0. The number of rotatable bonds is 2. The Morgan fingerprint density at radius 1 is 1.21 bits per heavy atom. The van der Waals surface area contributed by atoms with Gasteiger partial charge in [0, 0.05) is 0 Å². The third-order valence-corrected chi connectivity index (χ3v) is 5.21. The Bertz CT molecular complexity index is 637. The molecular weight excluding hydrogens is 264 g/mol. The molecule has 1 atom stereocenters. The van der Waals surface area contributed by atoms with E-state index in [1.807, 2.05) is 30.3 Å². The molecule has 0 bridgehead atoms. The van der Waals surface area contributed by atoms with Gasteiger partial charge in [-0.3, -0.25) is 4.79 Å². The van der Waals surface area contributed by atoms with Gasteiger partial charge in [0.2, 0.25) is 5.91 Å². The van der Waals surface area contributed by atoms with Crippen molar-refractivity contribution in [3.63, 3.8) is 0 Å². The van der Waals surface area contributed by atoms with Crippen molar-refractivity contribution in [2.75, 3.05) is 11.5 Å². The topological polar surface area (TPSA) is 66.8 Å². The van der Waals surface area contributed by atoms with E-state index in [9.17, 15) is 13.2 Å². The lowest BCUT2D eigenvalue weighted by molar-refractivity contribution is -0.130. The summed E-state index contributed by atoms with van der Waals surface area (Å²) in [7, 11) is -3.00. The number of carbonyl (C=O) groups excluding carboxylic acids is 1. The Hall–Kier alpha value is -1.69. The second-order valence-electron chi connectivity index (χ2n) is 4.88. The molecule has 1 amide bonds. The highest BCUT2D eigenvalue weighted by Crippen LogP contribution is 2.24. The zero-order valence-corrected chi connectivity index (χ0v) is 11.1. The van der Waals surface area contributed by atoms with Crippen molar-refractivity contribution in [2.45, 2.75) is 18.9 Å². The van der Waals surface area contributed by atoms with E-state index < -0.39 is 9.84 Å². The molecule has 2 heterocycles. The van der Waals surface area contributed by atoms with Crippen LogP contribution in [0.3, 0.4) is 0 Å². The Balaban J connectivity index is 1.84. The van der Waals surface area contributed by atoms with Gasteiger partial charge in [-0.15, -0.1) is 0 Å². The lowest BCUT2D eigenvalue weighted by Crippen LogP contribution is -2.33. The number of amides is 1. The molecule has 1 aromatic rings. The van der Waals surface area contributed by atoms with E-state index in [0.717, 1.165) is 11.3 Å². The third-order valence-electron chi connectivity index (χ3n) is 3.46. The number of benzene rings is 1. The normalized spacial score (nSPS) is 25.7. The fourth-order valence-electron chi connectivity index (χ4n) is 2.49. The number of sulfone groups is 1. The van der Waals surface area contributed by atoms with Crippen LogP contribution in [0.4, 0.5) is 0 Å². The zero-order chi connectivity index (χ0) is 13.5. The largest absolute Gasteiger partial charge is 0.272 e. The molecule has 1 fully saturated rings. The molecule has 19 heavy (non-hydrogen) atoms. The first-order valence-corrected chi connectivity index (χ1v) is 8.03. The number of nitrogens with zero attached hydrogens (tertiary/aromatic N) is 2. The van der Waals surface area contributed by atoms with Crippen LogP contribution in [-0.4, -0.2) is 42.6 Å². The molecular formula is C13H14N2O3S. The van der Waals surface area contributed by atoms with E-state index in [1.54, 1.807) is 0 Å². The molecule has 1 unspecified atom stereocenters. The summed E-state index contributed by atoms with van der Waals surface area (Å²) in [6.45, 7) is 0. The molecule has 0 aliphatic carbocycles. The van der Waals surface area contributed by atoms with Crippen LogP contribution in [0.15, 0.2) is 35.4 Å². The second-order valence-corrected chi connectivity index (χ2v) is 7.11. The number of carbonyl (C=O) groups is 1. The van der Waals surface area contributed by atoms with E-state index >= 15 is 0 Å². The quantitative estimate of drug-likeness (QED) is 0.804. The van der Waals surface area contributed by atoms with Crippen molar-refractivity contribution >= 4 is 21.5 Å². The van der Waals surface area contributed by atoms with Crippen molar-refractivity contribution in [1.29, 1.82) is 0 Å². The summed E-state index contributed by atoms with van der Waals surface area (Å²) in [5, 5.41) is 5.69. The van der Waals surface area contributed by atoms with E-state index in [0.29, 0.717) is 6.42 Å². The fraction of sp³-hybridized carbons (Fsp3) is 0.385. The Morgan fingerprint density at radius 2 is 1.95 bits per heavy atom. The lowest BCUT2D eigenvalue weighted by Gasteiger charge is -2.17. The summed E-state index contributed by atoms with van der Waals surface area (Å²) < 4.78 is 22.9. The maximum Gasteiger partial charge on any atom is 0.249 e. The Labute approximate surface area is 111 Å². The van der Waals surface area contributed by atoms with Gasteiger partial charge in [0.1, 0.15) is 0 Å². The van der Waals surface area contributed by atoms with Crippen molar-refractivity contribution in [3.8, 4) is 0 Å². The minimum Gasteiger partial charge on any atom is -0.272 e. The highest BCUT2D eigenvalue weighted by Gasteiger charge is 2.37. The SMILES string of the molecule is O=C1CC(c2ccccc2)=NN1C1CCS(=O)(=O)C1. The van der Waals surface area contributed by atoms with Crippen molar-refractivity contribution in [2.24, 2.45) is 5.10 Å². The monoisotopic (exact) mass is 278 g/mol. The van der Waals surface area contributed by atoms with Crippen LogP contribution in [0, 0.1) is 0 Å². The summed E-state index contributed by atoms with van der Waals surface area (Å²) in [6.07, 6.45) is 0.736. The second kappa shape index (κ2) is 4.45. The summed E-state index contributed by atoms with van der Waals surface area (Å²) in [6, 6.07) is 9.21. The Kier molecular flexibility index (Phi) is 2.89. The molecule has 5 nitrogen and oxygen atoms in total. The van der Waals surface area contributed by atoms with Crippen LogP contribution in [0.25, 0.3) is 0 Å². The van der Waals surface area contributed by atoms with E-state index in [-0.39, 0.29) is 29.9 Å². The van der Waals surface area contributed by atoms with Crippen LogP contribution in [0.5, 0.6) is 0 Å². The predicted molar refractivity (Wildman–Crippen MR) is 71.5 cm³/mol. The third kappa shape index (κ3) is 2.40. The molecule has 0 radical (unpaired) electrons. The summed E-state index contributed by atoms with van der Waals surface area (Å²) in [4.78, 5) is 12.0. The number of hydrogen-bond acceptors (Lipinski definition) is 4. The predicted octanol–water partition coefficient (Wildman–Crippen LogP) is 0.810. The van der Waals surface area contributed by atoms with E-state index in [1.165, 1.54) is 5.01 Å². The van der Waals surface area contributed by atoms with Gasteiger partial charge in [0.25, 0.3) is 0 Å². The fourth-order valence-corrected chi connectivity index (χ4v) is 4.18. The van der Waals surface area contributed by atoms with Gasteiger partial charge in [-0.2, -0.15) is 5.10 Å². The first-order chi connectivity index (χ1) is 9.05. The minimum atomic E-state index is -3.00. The minimum absolute atomic E-state index is 0.0321.